The normalized spacial score (nSPS) is 11.7. The SMILES string of the molecule is CC(C)(C)c1ccc(COC(=O)C=Cc2ccc(Cl)cc2Cl)cc1. The van der Waals surface area contributed by atoms with Gasteiger partial charge in [0.15, 0.2) is 0 Å². The lowest BCUT2D eigenvalue weighted by molar-refractivity contribution is -0.138. The molecule has 2 aromatic rings. The Kier molecular flexibility index (Phi) is 6.09. The summed E-state index contributed by atoms with van der Waals surface area (Å²) in [5.74, 6) is -0.416. The number of hydrogen-bond donors (Lipinski definition) is 0. The maximum atomic E-state index is 11.8. The average molecular weight is 363 g/mol. The van der Waals surface area contributed by atoms with Gasteiger partial charge in [0.25, 0.3) is 0 Å². The van der Waals surface area contributed by atoms with E-state index in [0.29, 0.717) is 15.6 Å². The summed E-state index contributed by atoms with van der Waals surface area (Å²) in [5.41, 5.74) is 3.02. The third-order valence-electron chi connectivity index (χ3n) is 3.56. The molecule has 2 rings (SSSR count). The summed E-state index contributed by atoms with van der Waals surface area (Å²) in [4.78, 5) is 11.8. The molecule has 0 aromatic heterocycles. The summed E-state index contributed by atoms with van der Waals surface area (Å²) in [6, 6.07) is 13.2. The van der Waals surface area contributed by atoms with Crippen LogP contribution in [-0.2, 0) is 21.6 Å². The topological polar surface area (TPSA) is 26.3 Å². The number of esters is 1. The van der Waals surface area contributed by atoms with E-state index in [1.54, 1.807) is 24.3 Å². The third kappa shape index (κ3) is 5.40. The standard InChI is InChI=1S/C20H20Cl2O2/c1-20(2,3)16-8-4-14(5-9-16)13-24-19(23)11-7-15-6-10-17(21)12-18(15)22/h4-12H,13H2,1-3H3. The van der Waals surface area contributed by atoms with Crippen LogP contribution in [0.1, 0.15) is 37.5 Å². The van der Waals surface area contributed by atoms with Crippen LogP contribution in [0.3, 0.4) is 0 Å². The summed E-state index contributed by atoms with van der Waals surface area (Å²) >= 11 is 11.9. The molecule has 2 nitrogen and oxygen atoms in total. The van der Waals surface area contributed by atoms with Gasteiger partial charge >= 0.3 is 5.97 Å². The first-order valence-electron chi connectivity index (χ1n) is 7.65. The Hall–Kier alpha value is -1.77. The lowest BCUT2D eigenvalue weighted by Crippen LogP contribution is -2.10. The van der Waals surface area contributed by atoms with E-state index in [0.717, 1.165) is 5.56 Å². The van der Waals surface area contributed by atoms with E-state index in [-0.39, 0.29) is 12.0 Å². The molecule has 0 aliphatic heterocycles. The van der Waals surface area contributed by atoms with E-state index in [2.05, 4.69) is 32.9 Å². The maximum absolute atomic E-state index is 11.8. The van der Waals surface area contributed by atoms with Gasteiger partial charge in [-0.1, -0.05) is 74.3 Å². The van der Waals surface area contributed by atoms with E-state index in [1.165, 1.54) is 11.6 Å². The molecule has 0 aliphatic carbocycles. The smallest absolute Gasteiger partial charge is 0.331 e. The van der Waals surface area contributed by atoms with Gasteiger partial charge in [-0.05, 0) is 40.3 Å². The fourth-order valence-corrected chi connectivity index (χ4v) is 2.57. The molecule has 0 spiro atoms. The van der Waals surface area contributed by atoms with Crippen LogP contribution in [0.15, 0.2) is 48.5 Å². The first kappa shape index (κ1) is 18.6. The van der Waals surface area contributed by atoms with Crippen LogP contribution >= 0.6 is 23.2 Å². The van der Waals surface area contributed by atoms with E-state index in [9.17, 15) is 4.79 Å². The van der Waals surface area contributed by atoms with E-state index < -0.39 is 5.97 Å². The van der Waals surface area contributed by atoms with Crippen LogP contribution in [0, 0.1) is 0 Å². The van der Waals surface area contributed by atoms with Crippen LogP contribution in [0.5, 0.6) is 0 Å². The van der Waals surface area contributed by atoms with Crippen molar-refractivity contribution in [3.05, 3.63) is 75.3 Å². The fourth-order valence-electron chi connectivity index (χ4n) is 2.10. The molecule has 2 aromatic carbocycles. The van der Waals surface area contributed by atoms with Gasteiger partial charge in [0.05, 0.1) is 0 Å². The van der Waals surface area contributed by atoms with Crippen LogP contribution < -0.4 is 0 Å². The van der Waals surface area contributed by atoms with E-state index >= 15 is 0 Å². The Morgan fingerprint density at radius 2 is 1.75 bits per heavy atom. The van der Waals surface area contributed by atoms with Crippen LogP contribution in [0.2, 0.25) is 10.0 Å². The lowest BCUT2D eigenvalue weighted by atomic mass is 9.87. The molecule has 0 unspecified atom stereocenters. The molecule has 0 aliphatic rings. The minimum absolute atomic E-state index is 0.107. The van der Waals surface area contributed by atoms with Gasteiger partial charge in [0.2, 0.25) is 0 Å². The molecular weight excluding hydrogens is 343 g/mol. The summed E-state index contributed by atoms with van der Waals surface area (Å²) in [6.45, 7) is 6.72. The Morgan fingerprint density at radius 1 is 1.08 bits per heavy atom. The summed E-state index contributed by atoms with van der Waals surface area (Å²) in [5, 5.41) is 1.04. The van der Waals surface area contributed by atoms with Gasteiger partial charge < -0.3 is 4.74 Å². The zero-order valence-corrected chi connectivity index (χ0v) is 15.5. The highest BCUT2D eigenvalue weighted by atomic mass is 35.5. The molecule has 0 amide bonds. The molecule has 0 radical (unpaired) electrons. The van der Waals surface area contributed by atoms with Gasteiger partial charge in [-0.15, -0.1) is 0 Å². The second-order valence-electron chi connectivity index (χ2n) is 6.55. The molecule has 0 saturated carbocycles. The number of rotatable bonds is 4. The predicted octanol–water partition coefficient (Wildman–Crippen LogP) is 6.05. The number of hydrogen-bond acceptors (Lipinski definition) is 2. The second-order valence-corrected chi connectivity index (χ2v) is 7.40. The molecular formula is C20H20Cl2O2. The van der Waals surface area contributed by atoms with Gasteiger partial charge in [0.1, 0.15) is 6.61 Å². The summed E-state index contributed by atoms with van der Waals surface area (Å²) in [7, 11) is 0. The monoisotopic (exact) mass is 362 g/mol. The summed E-state index contributed by atoms with van der Waals surface area (Å²) in [6.07, 6.45) is 2.97. The van der Waals surface area contributed by atoms with E-state index in [1.807, 2.05) is 12.1 Å². The second kappa shape index (κ2) is 7.87. The van der Waals surface area contributed by atoms with Crippen LogP contribution in [-0.4, -0.2) is 5.97 Å². The Bertz CT molecular complexity index is 741. The Balaban J connectivity index is 1.92. The Morgan fingerprint density at radius 3 is 2.33 bits per heavy atom. The molecule has 24 heavy (non-hydrogen) atoms. The number of carbonyl (C=O) groups is 1. The van der Waals surface area contributed by atoms with Gasteiger partial charge in [0, 0.05) is 16.1 Å². The maximum Gasteiger partial charge on any atom is 0.331 e. The van der Waals surface area contributed by atoms with Crippen molar-refractivity contribution in [1.29, 1.82) is 0 Å². The average Bonchev–Trinajstić information content (AvgIpc) is 2.51. The number of benzene rings is 2. The first-order chi connectivity index (χ1) is 11.3. The quantitative estimate of drug-likeness (QED) is 0.488. The zero-order chi connectivity index (χ0) is 17.7. The largest absolute Gasteiger partial charge is 0.458 e. The molecule has 0 saturated heterocycles. The molecule has 0 N–H and O–H groups in total. The fraction of sp³-hybridized carbons (Fsp3) is 0.250. The van der Waals surface area contributed by atoms with Crippen LogP contribution in [0.4, 0.5) is 0 Å². The molecule has 0 atom stereocenters. The molecule has 0 bridgehead atoms. The highest BCUT2D eigenvalue weighted by Crippen LogP contribution is 2.23. The van der Waals surface area contributed by atoms with Crippen molar-refractivity contribution in [1.82, 2.24) is 0 Å². The van der Waals surface area contributed by atoms with Crippen molar-refractivity contribution >= 4 is 35.2 Å². The highest BCUT2D eigenvalue weighted by Gasteiger charge is 2.12. The van der Waals surface area contributed by atoms with Gasteiger partial charge in [-0.3, -0.25) is 0 Å². The minimum atomic E-state index is -0.416. The Labute approximate surface area is 153 Å². The molecule has 0 fully saturated rings. The molecule has 4 heteroatoms. The van der Waals surface area contributed by atoms with Crippen molar-refractivity contribution in [2.24, 2.45) is 0 Å². The minimum Gasteiger partial charge on any atom is -0.458 e. The number of ether oxygens (including phenoxy) is 1. The van der Waals surface area contributed by atoms with E-state index in [4.69, 9.17) is 27.9 Å². The molecule has 0 heterocycles. The van der Waals surface area contributed by atoms with Crippen molar-refractivity contribution in [2.45, 2.75) is 32.8 Å². The van der Waals surface area contributed by atoms with Gasteiger partial charge in [-0.2, -0.15) is 0 Å². The summed E-state index contributed by atoms with van der Waals surface area (Å²) < 4.78 is 5.24. The lowest BCUT2D eigenvalue weighted by Gasteiger charge is -2.19. The van der Waals surface area contributed by atoms with Crippen molar-refractivity contribution < 1.29 is 9.53 Å². The van der Waals surface area contributed by atoms with Crippen LogP contribution in [0.25, 0.3) is 6.08 Å². The number of halogens is 2. The van der Waals surface area contributed by atoms with Crippen molar-refractivity contribution in [3.63, 3.8) is 0 Å². The zero-order valence-electron chi connectivity index (χ0n) is 14.0. The number of carbonyl (C=O) groups excluding carboxylic acids is 1. The van der Waals surface area contributed by atoms with Crippen molar-refractivity contribution in [3.8, 4) is 0 Å². The predicted molar refractivity (Wildman–Crippen MR) is 100 cm³/mol. The first-order valence-corrected chi connectivity index (χ1v) is 8.40. The molecule has 126 valence electrons. The third-order valence-corrected chi connectivity index (χ3v) is 4.12. The highest BCUT2D eigenvalue weighted by molar-refractivity contribution is 6.35. The van der Waals surface area contributed by atoms with Crippen molar-refractivity contribution in [2.75, 3.05) is 0 Å². The van der Waals surface area contributed by atoms with Gasteiger partial charge in [-0.25, -0.2) is 4.79 Å².